The van der Waals surface area contributed by atoms with E-state index in [1.165, 1.54) is 5.56 Å². The van der Waals surface area contributed by atoms with E-state index >= 15 is 0 Å². The summed E-state index contributed by atoms with van der Waals surface area (Å²) in [7, 11) is 0. The topological polar surface area (TPSA) is 41.6 Å². The first-order valence-electron chi connectivity index (χ1n) is 11.5. The Labute approximate surface area is 199 Å². The van der Waals surface area contributed by atoms with E-state index in [-0.39, 0.29) is 5.91 Å². The van der Waals surface area contributed by atoms with Crippen molar-refractivity contribution >= 4 is 34.3 Å². The number of furan rings is 1. The molecule has 6 heteroatoms. The number of nitrogens with zero attached hydrogens (tertiary/aromatic N) is 3. The van der Waals surface area contributed by atoms with Gasteiger partial charge in [0.2, 0.25) is 0 Å². The van der Waals surface area contributed by atoms with Gasteiger partial charge in [-0.2, -0.15) is 0 Å². The first-order chi connectivity index (χ1) is 16.1. The van der Waals surface area contributed by atoms with E-state index in [1.807, 2.05) is 54.3 Å². The van der Waals surface area contributed by atoms with Crippen molar-refractivity contribution in [3.8, 4) is 0 Å². The van der Waals surface area contributed by atoms with Crippen molar-refractivity contribution in [2.45, 2.75) is 26.3 Å². The van der Waals surface area contributed by atoms with E-state index in [0.29, 0.717) is 18.8 Å². The average molecular weight is 462 g/mol. The number of aromatic nitrogens is 1. The average Bonchev–Trinajstić information content (AvgIpc) is 3.36. The minimum atomic E-state index is 0.0672. The number of rotatable bonds is 6. The lowest BCUT2D eigenvalue weighted by molar-refractivity contribution is 0.0736. The Morgan fingerprint density at radius 1 is 0.970 bits per heavy atom. The number of piperazine rings is 1. The van der Waals surface area contributed by atoms with Crippen LogP contribution < -0.4 is 4.90 Å². The van der Waals surface area contributed by atoms with Crippen LogP contribution in [0.2, 0.25) is 5.02 Å². The normalized spacial score (nSPS) is 14.2. The Hall–Kier alpha value is -3.18. The number of benzene rings is 2. The van der Waals surface area contributed by atoms with Crippen molar-refractivity contribution in [2.75, 3.05) is 31.1 Å². The Morgan fingerprint density at radius 2 is 1.70 bits per heavy atom. The zero-order chi connectivity index (χ0) is 22.8. The van der Waals surface area contributed by atoms with Crippen molar-refractivity contribution in [2.24, 2.45) is 0 Å². The maximum Gasteiger partial charge on any atom is 0.270 e. The van der Waals surface area contributed by atoms with Crippen LogP contribution in [0.15, 0.2) is 71.1 Å². The molecule has 0 spiro atoms. The molecule has 1 aliphatic rings. The number of para-hydroxylation sites is 1. The van der Waals surface area contributed by atoms with Crippen LogP contribution in [0.25, 0.3) is 11.1 Å². The monoisotopic (exact) mass is 461 g/mol. The molecule has 0 N–H and O–H groups in total. The number of aryl methyl sites for hydroxylation is 3. The molecule has 2 aromatic heterocycles. The lowest BCUT2D eigenvalue weighted by atomic mass is 10.1. The van der Waals surface area contributed by atoms with Crippen molar-refractivity contribution < 1.29 is 9.21 Å². The number of halogens is 1. The first-order valence-corrected chi connectivity index (χ1v) is 11.9. The molecule has 33 heavy (non-hydrogen) atoms. The largest absolute Gasteiger partial charge is 0.460 e. The summed E-state index contributed by atoms with van der Waals surface area (Å²) in [4.78, 5) is 17.7. The quantitative estimate of drug-likeness (QED) is 0.365. The van der Waals surface area contributed by atoms with Crippen LogP contribution in [0.4, 0.5) is 5.69 Å². The van der Waals surface area contributed by atoms with Gasteiger partial charge in [-0.05, 0) is 37.5 Å². The number of carbonyl (C=O) groups is 1. The Balaban J connectivity index is 1.31. The van der Waals surface area contributed by atoms with Crippen LogP contribution >= 0.6 is 11.6 Å². The summed E-state index contributed by atoms with van der Waals surface area (Å²) in [6, 6.07) is 22.3. The van der Waals surface area contributed by atoms with E-state index < -0.39 is 0 Å². The highest BCUT2D eigenvalue weighted by atomic mass is 35.5. The predicted octanol–water partition coefficient (Wildman–Crippen LogP) is 5.79. The fourth-order valence-corrected chi connectivity index (χ4v) is 4.94. The van der Waals surface area contributed by atoms with Crippen LogP contribution in [0, 0.1) is 6.92 Å². The van der Waals surface area contributed by atoms with E-state index in [1.54, 1.807) is 0 Å². The van der Waals surface area contributed by atoms with E-state index in [4.69, 9.17) is 16.0 Å². The standard InChI is InChI=1S/C27H28ClN3O2/c1-20-18-24-26(33-20)19-25(31(24)13-7-10-21-8-3-2-4-9-21)27(32)30-16-14-29(15-17-30)23-12-6-5-11-22(23)28/h2-6,8-9,11-12,18-19H,7,10,13-17H2,1H3. The van der Waals surface area contributed by atoms with Crippen LogP contribution in [-0.2, 0) is 13.0 Å². The van der Waals surface area contributed by atoms with E-state index in [2.05, 4.69) is 33.7 Å². The molecule has 0 aliphatic carbocycles. The van der Waals surface area contributed by atoms with E-state index in [0.717, 1.165) is 60.0 Å². The van der Waals surface area contributed by atoms with Gasteiger partial charge in [0.1, 0.15) is 11.5 Å². The van der Waals surface area contributed by atoms with Gasteiger partial charge in [-0.1, -0.05) is 54.1 Å². The van der Waals surface area contributed by atoms with Gasteiger partial charge in [0, 0.05) is 44.9 Å². The second-order valence-electron chi connectivity index (χ2n) is 8.61. The van der Waals surface area contributed by atoms with Crippen LogP contribution in [0.1, 0.15) is 28.2 Å². The molecule has 0 atom stereocenters. The number of fused-ring (bicyclic) bond motifs is 1. The molecule has 5 rings (SSSR count). The summed E-state index contributed by atoms with van der Waals surface area (Å²) in [5.41, 5.74) is 4.84. The van der Waals surface area contributed by atoms with Crippen molar-refractivity contribution in [3.05, 3.63) is 88.8 Å². The summed E-state index contributed by atoms with van der Waals surface area (Å²) in [5, 5.41) is 0.750. The minimum absolute atomic E-state index is 0.0672. The van der Waals surface area contributed by atoms with Gasteiger partial charge in [-0.25, -0.2) is 0 Å². The lowest BCUT2D eigenvalue weighted by Crippen LogP contribution is -2.49. The molecule has 0 bridgehead atoms. The fourth-order valence-electron chi connectivity index (χ4n) is 4.69. The Bertz CT molecular complexity index is 1250. The number of hydrogen-bond acceptors (Lipinski definition) is 3. The van der Waals surface area contributed by atoms with Crippen molar-refractivity contribution in [1.82, 2.24) is 9.47 Å². The molecule has 1 saturated heterocycles. The van der Waals surface area contributed by atoms with Crippen molar-refractivity contribution in [1.29, 1.82) is 0 Å². The molecule has 1 fully saturated rings. The number of amides is 1. The van der Waals surface area contributed by atoms with Crippen LogP contribution in [0.5, 0.6) is 0 Å². The molecule has 0 radical (unpaired) electrons. The maximum absolute atomic E-state index is 13.5. The summed E-state index contributed by atoms with van der Waals surface area (Å²) in [5.74, 6) is 0.932. The lowest BCUT2D eigenvalue weighted by Gasteiger charge is -2.36. The molecule has 0 unspecified atom stereocenters. The highest BCUT2D eigenvalue weighted by Gasteiger charge is 2.27. The SMILES string of the molecule is Cc1cc2c(cc(C(=O)N3CCN(c4ccccc4Cl)CC3)n2CCCc2ccccc2)o1. The molecule has 1 amide bonds. The predicted molar refractivity (Wildman–Crippen MR) is 133 cm³/mol. The Kier molecular flexibility index (Phi) is 6.14. The van der Waals surface area contributed by atoms with Crippen molar-refractivity contribution in [3.63, 3.8) is 0 Å². The van der Waals surface area contributed by atoms with Gasteiger partial charge in [-0.3, -0.25) is 4.79 Å². The highest BCUT2D eigenvalue weighted by molar-refractivity contribution is 6.33. The molecular weight excluding hydrogens is 434 g/mol. The fraction of sp³-hybridized carbons (Fsp3) is 0.296. The molecule has 5 nitrogen and oxygen atoms in total. The van der Waals surface area contributed by atoms with Gasteiger partial charge in [0.05, 0.1) is 16.2 Å². The summed E-state index contributed by atoms with van der Waals surface area (Å²) in [6.07, 6.45) is 1.93. The summed E-state index contributed by atoms with van der Waals surface area (Å²) >= 11 is 6.38. The third kappa shape index (κ3) is 4.51. The molecule has 2 aromatic carbocycles. The number of hydrogen-bond donors (Lipinski definition) is 0. The molecule has 170 valence electrons. The van der Waals surface area contributed by atoms with Crippen LogP contribution in [0.3, 0.4) is 0 Å². The van der Waals surface area contributed by atoms with Gasteiger partial charge < -0.3 is 18.8 Å². The minimum Gasteiger partial charge on any atom is -0.460 e. The third-order valence-corrected chi connectivity index (χ3v) is 6.70. The van der Waals surface area contributed by atoms with Gasteiger partial charge in [0.25, 0.3) is 5.91 Å². The van der Waals surface area contributed by atoms with Crippen LogP contribution in [-0.4, -0.2) is 41.6 Å². The number of carbonyl (C=O) groups excluding carboxylic acids is 1. The third-order valence-electron chi connectivity index (χ3n) is 6.38. The molecule has 4 aromatic rings. The smallest absolute Gasteiger partial charge is 0.270 e. The molecule has 3 heterocycles. The number of anilines is 1. The molecule has 0 saturated carbocycles. The van der Waals surface area contributed by atoms with Gasteiger partial charge in [0.15, 0.2) is 5.58 Å². The first kappa shape index (κ1) is 21.7. The molecule has 1 aliphatic heterocycles. The van der Waals surface area contributed by atoms with Gasteiger partial charge in [-0.15, -0.1) is 0 Å². The summed E-state index contributed by atoms with van der Waals surface area (Å²) < 4.78 is 8.00. The Morgan fingerprint density at radius 3 is 2.45 bits per heavy atom. The second kappa shape index (κ2) is 9.36. The molecular formula is C27H28ClN3O2. The highest BCUT2D eigenvalue weighted by Crippen LogP contribution is 2.28. The zero-order valence-electron chi connectivity index (χ0n) is 18.8. The van der Waals surface area contributed by atoms with E-state index in [9.17, 15) is 4.79 Å². The second-order valence-corrected chi connectivity index (χ2v) is 9.01. The maximum atomic E-state index is 13.5. The van der Waals surface area contributed by atoms with Gasteiger partial charge >= 0.3 is 0 Å². The summed E-state index contributed by atoms with van der Waals surface area (Å²) in [6.45, 7) is 5.58. The zero-order valence-corrected chi connectivity index (χ0v) is 19.6.